The zero-order chi connectivity index (χ0) is 12.9. The third kappa shape index (κ3) is 1.62. The van der Waals surface area contributed by atoms with Crippen molar-refractivity contribution in [3.63, 3.8) is 0 Å². The Morgan fingerprint density at radius 3 is 2.89 bits per heavy atom. The van der Waals surface area contributed by atoms with Crippen molar-refractivity contribution < 1.29 is 14.3 Å². The minimum Gasteiger partial charge on any atom is -0.478 e. The molecule has 18 heavy (non-hydrogen) atoms. The van der Waals surface area contributed by atoms with Gasteiger partial charge in [-0.25, -0.2) is 4.79 Å². The van der Waals surface area contributed by atoms with Gasteiger partial charge in [0.2, 0.25) is 0 Å². The van der Waals surface area contributed by atoms with Crippen molar-refractivity contribution in [3.05, 3.63) is 35.1 Å². The van der Waals surface area contributed by atoms with Crippen LogP contribution in [-0.4, -0.2) is 11.1 Å². The van der Waals surface area contributed by atoms with E-state index in [1.165, 1.54) is 18.4 Å². The Labute approximate surface area is 105 Å². The van der Waals surface area contributed by atoms with E-state index in [-0.39, 0.29) is 0 Å². The van der Waals surface area contributed by atoms with Gasteiger partial charge in [0.1, 0.15) is 16.9 Å². The van der Waals surface area contributed by atoms with Crippen LogP contribution in [0.4, 0.5) is 0 Å². The molecule has 1 N–H and O–H groups in total. The van der Waals surface area contributed by atoms with Crippen LogP contribution < -0.4 is 0 Å². The molecule has 0 bridgehead atoms. The lowest BCUT2D eigenvalue weighted by atomic mass is 10.0. The highest BCUT2D eigenvalue weighted by molar-refractivity contribution is 6.03. The van der Waals surface area contributed by atoms with E-state index >= 15 is 0 Å². The van der Waals surface area contributed by atoms with E-state index in [9.17, 15) is 9.90 Å². The Kier molecular flexibility index (Phi) is 2.44. The van der Waals surface area contributed by atoms with Crippen molar-refractivity contribution in [3.8, 4) is 0 Å². The molecule has 1 unspecified atom stereocenters. The number of fused-ring (bicyclic) bond motifs is 1. The van der Waals surface area contributed by atoms with E-state index in [1.54, 1.807) is 6.92 Å². The first-order chi connectivity index (χ1) is 8.61. The average Bonchev–Trinajstić information content (AvgIpc) is 3.03. The van der Waals surface area contributed by atoms with Crippen molar-refractivity contribution in [1.82, 2.24) is 0 Å². The lowest BCUT2D eigenvalue weighted by Gasteiger charge is -2.00. The minimum atomic E-state index is -0.911. The molecule has 0 saturated heterocycles. The highest BCUT2D eigenvalue weighted by Crippen LogP contribution is 2.50. The number of hydrogen-bond donors (Lipinski definition) is 1. The monoisotopic (exact) mass is 244 g/mol. The predicted molar refractivity (Wildman–Crippen MR) is 69.0 cm³/mol. The number of rotatable bonds is 3. The van der Waals surface area contributed by atoms with Crippen molar-refractivity contribution in [1.29, 1.82) is 0 Å². The highest BCUT2D eigenvalue weighted by atomic mass is 16.4. The van der Waals surface area contributed by atoms with Crippen molar-refractivity contribution in [2.75, 3.05) is 0 Å². The number of hydrogen-bond acceptors (Lipinski definition) is 2. The molecule has 1 fully saturated rings. The Morgan fingerprint density at radius 1 is 1.50 bits per heavy atom. The number of aromatic carboxylic acids is 1. The first kappa shape index (κ1) is 11.3. The number of furan rings is 1. The van der Waals surface area contributed by atoms with E-state index in [0.717, 1.165) is 11.3 Å². The summed E-state index contributed by atoms with van der Waals surface area (Å²) in [5.41, 5.74) is 2.22. The molecule has 3 heteroatoms. The van der Waals surface area contributed by atoms with Gasteiger partial charge >= 0.3 is 5.97 Å². The SMILES string of the molecule is CCC1C[C@H]1c1ccc2oc(C)c(C(=O)O)c2c1. The summed E-state index contributed by atoms with van der Waals surface area (Å²) in [5, 5.41) is 9.97. The van der Waals surface area contributed by atoms with Gasteiger partial charge < -0.3 is 9.52 Å². The second-order valence-corrected chi connectivity index (χ2v) is 5.10. The molecule has 1 aromatic heterocycles. The van der Waals surface area contributed by atoms with Crippen LogP contribution in [0.15, 0.2) is 22.6 Å². The average molecular weight is 244 g/mol. The first-order valence-electron chi connectivity index (χ1n) is 6.38. The maximum absolute atomic E-state index is 11.3. The van der Waals surface area contributed by atoms with Crippen LogP contribution in [0.25, 0.3) is 11.0 Å². The lowest BCUT2D eigenvalue weighted by molar-refractivity contribution is 0.0697. The van der Waals surface area contributed by atoms with Crippen LogP contribution in [0.3, 0.4) is 0 Å². The standard InChI is InChI=1S/C15H16O3/c1-3-9-6-11(9)10-4-5-13-12(7-10)14(15(16)17)8(2)18-13/h4-5,7,9,11H,3,6H2,1-2H3,(H,16,17)/t9?,11-/m1/s1. The third-order valence-electron chi connectivity index (χ3n) is 3.98. The number of aryl methyl sites for hydroxylation is 1. The molecular weight excluding hydrogens is 228 g/mol. The summed E-state index contributed by atoms with van der Waals surface area (Å²) in [6, 6.07) is 5.96. The lowest BCUT2D eigenvalue weighted by Crippen LogP contribution is -1.96. The quantitative estimate of drug-likeness (QED) is 0.889. The fourth-order valence-corrected chi connectivity index (χ4v) is 2.84. The van der Waals surface area contributed by atoms with Crippen LogP contribution in [0.1, 0.15) is 47.4 Å². The maximum Gasteiger partial charge on any atom is 0.339 e. The second-order valence-electron chi connectivity index (χ2n) is 5.10. The zero-order valence-corrected chi connectivity index (χ0v) is 10.6. The summed E-state index contributed by atoms with van der Waals surface area (Å²) in [6.45, 7) is 3.91. The van der Waals surface area contributed by atoms with Crippen LogP contribution >= 0.6 is 0 Å². The molecular formula is C15H16O3. The number of carboxylic acid groups (broad SMARTS) is 1. The topological polar surface area (TPSA) is 50.4 Å². The van der Waals surface area contributed by atoms with Gasteiger partial charge in [-0.3, -0.25) is 0 Å². The van der Waals surface area contributed by atoms with Crippen molar-refractivity contribution in [2.45, 2.75) is 32.6 Å². The first-order valence-corrected chi connectivity index (χ1v) is 6.38. The molecule has 1 aromatic carbocycles. The van der Waals surface area contributed by atoms with E-state index in [1.807, 2.05) is 12.1 Å². The second kappa shape index (κ2) is 3.87. The molecule has 1 aliphatic rings. The Hall–Kier alpha value is -1.77. The Balaban J connectivity index is 2.10. The fourth-order valence-electron chi connectivity index (χ4n) is 2.84. The molecule has 0 radical (unpaired) electrons. The largest absolute Gasteiger partial charge is 0.478 e. The predicted octanol–water partition coefficient (Wildman–Crippen LogP) is 3.95. The molecule has 1 aliphatic carbocycles. The van der Waals surface area contributed by atoms with Crippen LogP contribution in [0.5, 0.6) is 0 Å². The van der Waals surface area contributed by atoms with Gasteiger partial charge in [-0.1, -0.05) is 19.4 Å². The zero-order valence-electron chi connectivity index (χ0n) is 10.6. The molecule has 94 valence electrons. The van der Waals surface area contributed by atoms with Crippen LogP contribution in [0.2, 0.25) is 0 Å². The molecule has 2 atom stereocenters. The van der Waals surface area contributed by atoms with Gasteiger partial charge in [-0.2, -0.15) is 0 Å². The number of carbonyl (C=O) groups is 1. The van der Waals surface area contributed by atoms with Gasteiger partial charge in [-0.15, -0.1) is 0 Å². The summed E-state index contributed by atoms with van der Waals surface area (Å²) < 4.78 is 5.49. The summed E-state index contributed by atoms with van der Waals surface area (Å²) in [5.74, 6) is 0.948. The van der Waals surface area contributed by atoms with Crippen LogP contribution in [0, 0.1) is 12.8 Å². The molecule has 3 rings (SSSR count). The molecule has 0 amide bonds. The van der Waals surface area contributed by atoms with Crippen molar-refractivity contribution >= 4 is 16.9 Å². The van der Waals surface area contributed by atoms with Crippen LogP contribution in [-0.2, 0) is 0 Å². The fraction of sp³-hybridized carbons (Fsp3) is 0.400. The van der Waals surface area contributed by atoms with E-state index in [4.69, 9.17) is 4.42 Å². The summed E-state index contributed by atoms with van der Waals surface area (Å²) in [4.78, 5) is 11.3. The van der Waals surface area contributed by atoms with E-state index < -0.39 is 5.97 Å². The third-order valence-corrected chi connectivity index (χ3v) is 3.98. The van der Waals surface area contributed by atoms with E-state index in [2.05, 4.69) is 13.0 Å². The van der Waals surface area contributed by atoms with Gasteiger partial charge in [0.25, 0.3) is 0 Å². The van der Waals surface area contributed by atoms with E-state index in [0.29, 0.717) is 22.8 Å². The number of carboxylic acids is 1. The van der Waals surface area contributed by atoms with Gasteiger partial charge in [0.05, 0.1) is 0 Å². The number of benzene rings is 1. The van der Waals surface area contributed by atoms with Gasteiger partial charge in [0, 0.05) is 5.39 Å². The maximum atomic E-state index is 11.3. The van der Waals surface area contributed by atoms with Gasteiger partial charge in [0.15, 0.2) is 0 Å². The molecule has 0 spiro atoms. The smallest absolute Gasteiger partial charge is 0.339 e. The molecule has 1 heterocycles. The molecule has 1 saturated carbocycles. The molecule has 3 nitrogen and oxygen atoms in total. The highest BCUT2D eigenvalue weighted by Gasteiger charge is 2.36. The van der Waals surface area contributed by atoms with Crippen molar-refractivity contribution in [2.24, 2.45) is 5.92 Å². The normalized spacial score (nSPS) is 22.3. The summed E-state index contributed by atoms with van der Waals surface area (Å²) in [7, 11) is 0. The molecule has 2 aromatic rings. The Bertz CT molecular complexity index is 624. The molecule has 0 aliphatic heterocycles. The summed E-state index contributed by atoms with van der Waals surface area (Å²) >= 11 is 0. The summed E-state index contributed by atoms with van der Waals surface area (Å²) in [6.07, 6.45) is 2.42. The minimum absolute atomic E-state index is 0.306. The van der Waals surface area contributed by atoms with Gasteiger partial charge in [-0.05, 0) is 42.9 Å². The Morgan fingerprint density at radius 2 is 2.28 bits per heavy atom.